The van der Waals surface area contributed by atoms with Crippen LogP contribution in [0.25, 0.3) is 0 Å². The van der Waals surface area contributed by atoms with Crippen LogP contribution in [0.2, 0.25) is 0 Å². The van der Waals surface area contributed by atoms with E-state index in [-0.39, 0.29) is 11.3 Å². The van der Waals surface area contributed by atoms with E-state index in [1.807, 2.05) is 0 Å². The third kappa shape index (κ3) is 2.35. The number of aromatic carboxylic acids is 1. The lowest BCUT2D eigenvalue weighted by Gasteiger charge is -2.37. The van der Waals surface area contributed by atoms with E-state index in [0.29, 0.717) is 5.92 Å². The van der Waals surface area contributed by atoms with Crippen LogP contribution in [0.1, 0.15) is 48.1 Å². The first-order valence-corrected chi connectivity index (χ1v) is 6.70. The molecule has 0 amide bonds. The number of thiazole rings is 1. The van der Waals surface area contributed by atoms with Crippen LogP contribution in [0.3, 0.4) is 0 Å². The van der Waals surface area contributed by atoms with E-state index in [1.54, 1.807) is 12.5 Å². The summed E-state index contributed by atoms with van der Waals surface area (Å²) in [5, 5.41) is 11.3. The molecule has 1 N–H and O–H groups in total. The van der Waals surface area contributed by atoms with Crippen molar-refractivity contribution in [2.75, 3.05) is 7.11 Å². The molecule has 0 bridgehead atoms. The zero-order valence-corrected chi connectivity index (χ0v) is 10.9. The van der Waals surface area contributed by atoms with Gasteiger partial charge in [-0.25, -0.2) is 9.78 Å². The largest absolute Gasteiger partial charge is 0.476 e. The highest BCUT2D eigenvalue weighted by Gasteiger charge is 2.39. The predicted octanol–water partition coefficient (Wildman–Crippen LogP) is 2.89. The summed E-state index contributed by atoms with van der Waals surface area (Å²) in [7, 11) is 1.69. The monoisotopic (exact) mass is 255 g/mol. The van der Waals surface area contributed by atoms with Gasteiger partial charge in [-0.15, -0.1) is 11.3 Å². The van der Waals surface area contributed by atoms with Gasteiger partial charge in [-0.05, 0) is 25.2 Å². The Bertz CT molecular complexity index is 418. The van der Waals surface area contributed by atoms with E-state index >= 15 is 0 Å². The number of hydrogen-bond donors (Lipinski definition) is 1. The third-order valence-electron chi connectivity index (χ3n) is 3.46. The number of aromatic nitrogens is 1. The topological polar surface area (TPSA) is 59.4 Å². The van der Waals surface area contributed by atoms with Gasteiger partial charge >= 0.3 is 5.97 Å². The van der Waals surface area contributed by atoms with Crippen molar-refractivity contribution in [2.45, 2.75) is 38.2 Å². The summed E-state index contributed by atoms with van der Waals surface area (Å²) >= 11 is 1.39. The van der Waals surface area contributed by atoms with Gasteiger partial charge in [0.15, 0.2) is 5.69 Å². The Labute approximate surface area is 105 Å². The van der Waals surface area contributed by atoms with E-state index in [2.05, 4.69) is 11.9 Å². The molecule has 1 saturated carbocycles. The summed E-state index contributed by atoms with van der Waals surface area (Å²) in [6.07, 6.45) is 4.18. The fraction of sp³-hybridized carbons (Fsp3) is 0.667. The number of rotatable bonds is 3. The van der Waals surface area contributed by atoms with Crippen LogP contribution in [0.15, 0.2) is 5.38 Å². The van der Waals surface area contributed by atoms with Gasteiger partial charge in [0.25, 0.3) is 0 Å². The molecule has 4 nitrogen and oxygen atoms in total. The van der Waals surface area contributed by atoms with Crippen molar-refractivity contribution in [3.8, 4) is 0 Å². The SMILES string of the molecule is COC1(c2nc(C(=O)O)cs2)CCCC(C)C1. The lowest BCUT2D eigenvalue weighted by molar-refractivity contribution is -0.0581. The Morgan fingerprint density at radius 3 is 3.00 bits per heavy atom. The minimum absolute atomic E-state index is 0.125. The van der Waals surface area contributed by atoms with Gasteiger partial charge in [-0.2, -0.15) is 0 Å². The summed E-state index contributed by atoms with van der Waals surface area (Å²) in [6, 6.07) is 0. The summed E-state index contributed by atoms with van der Waals surface area (Å²) in [5.74, 6) is -0.372. The van der Waals surface area contributed by atoms with Gasteiger partial charge in [-0.3, -0.25) is 0 Å². The number of carbonyl (C=O) groups is 1. The van der Waals surface area contributed by atoms with E-state index in [0.717, 1.165) is 24.3 Å². The van der Waals surface area contributed by atoms with Crippen LogP contribution in [0, 0.1) is 5.92 Å². The molecular formula is C12H17NO3S. The quantitative estimate of drug-likeness (QED) is 0.902. The number of ether oxygens (including phenoxy) is 1. The highest BCUT2D eigenvalue weighted by Crippen LogP contribution is 2.43. The van der Waals surface area contributed by atoms with Crippen LogP contribution < -0.4 is 0 Å². The van der Waals surface area contributed by atoms with Crippen molar-refractivity contribution in [1.29, 1.82) is 0 Å². The molecule has 0 aliphatic heterocycles. The number of methoxy groups -OCH3 is 1. The van der Waals surface area contributed by atoms with Crippen molar-refractivity contribution < 1.29 is 14.6 Å². The zero-order valence-electron chi connectivity index (χ0n) is 10.1. The van der Waals surface area contributed by atoms with Crippen LogP contribution in [-0.2, 0) is 10.3 Å². The molecule has 5 heteroatoms. The molecular weight excluding hydrogens is 238 g/mol. The molecule has 0 saturated heterocycles. The van der Waals surface area contributed by atoms with E-state index < -0.39 is 5.97 Å². The van der Waals surface area contributed by atoms with E-state index in [1.165, 1.54) is 17.8 Å². The molecule has 94 valence electrons. The summed E-state index contributed by atoms with van der Waals surface area (Å²) < 4.78 is 5.68. The minimum Gasteiger partial charge on any atom is -0.476 e. The second-order valence-electron chi connectivity index (χ2n) is 4.74. The highest BCUT2D eigenvalue weighted by molar-refractivity contribution is 7.10. The Hall–Kier alpha value is -0.940. The highest BCUT2D eigenvalue weighted by atomic mass is 32.1. The van der Waals surface area contributed by atoms with E-state index in [4.69, 9.17) is 9.84 Å². The predicted molar refractivity (Wildman–Crippen MR) is 65.4 cm³/mol. The molecule has 1 aromatic heterocycles. The minimum atomic E-state index is -0.970. The fourth-order valence-electron chi connectivity index (χ4n) is 2.55. The number of carboxylic acid groups (broad SMARTS) is 1. The normalized spacial score (nSPS) is 29.2. The Kier molecular flexibility index (Phi) is 3.49. The third-order valence-corrected chi connectivity index (χ3v) is 4.49. The average Bonchev–Trinajstić information content (AvgIpc) is 2.78. The summed E-state index contributed by atoms with van der Waals surface area (Å²) in [5.41, 5.74) is -0.240. The molecule has 1 aliphatic carbocycles. The first-order chi connectivity index (χ1) is 8.07. The molecule has 1 fully saturated rings. The molecule has 0 aromatic carbocycles. The van der Waals surface area contributed by atoms with Crippen LogP contribution in [-0.4, -0.2) is 23.2 Å². The smallest absolute Gasteiger partial charge is 0.355 e. The van der Waals surface area contributed by atoms with Gasteiger partial charge in [-0.1, -0.05) is 13.3 Å². The summed E-state index contributed by atoms with van der Waals surface area (Å²) in [4.78, 5) is 15.1. The van der Waals surface area contributed by atoms with Gasteiger partial charge < -0.3 is 9.84 Å². The van der Waals surface area contributed by atoms with Gasteiger partial charge in [0.05, 0.1) is 0 Å². The van der Waals surface area contributed by atoms with Gasteiger partial charge in [0, 0.05) is 12.5 Å². The standard InChI is InChI=1S/C12H17NO3S/c1-8-4-3-5-12(6-8,16-2)11-13-9(7-17-11)10(14)15/h7-8H,3-6H2,1-2H3,(H,14,15). The second kappa shape index (κ2) is 4.74. The molecule has 0 radical (unpaired) electrons. The van der Waals surface area contributed by atoms with Crippen molar-refractivity contribution in [1.82, 2.24) is 4.98 Å². The molecule has 17 heavy (non-hydrogen) atoms. The van der Waals surface area contributed by atoms with Crippen LogP contribution in [0.5, 0.6) is 0 Å². The Balaban J connectivity index is 2.30. The maximum Gasteiger partial charge on any atom is 0.355 e. The van der Waals surface area contributed by atoms with Crippen molar-refractivity contribution in [2.24, 2.45) is 5.92 Å². The van der Waals surface area contributed by atoms with Crippen LogP contribution in [0.4, 0.5) is 0 Å². The maximum atomic E-state index is 10.9. The van der Waals surface area contributed by atoms with Gasteiger partial charge in [0.2, 0.25) is 0 Å². The Morgan fingerprint density at radius 1 is 1.71 bits per heavy atom. The second-order valence-corrected chi connectivity index (χ2v) is 5.60. The van der Waals surface area contributed by atoms with Gasteiger partial charge in [0.1, 0.15) is 10.6 Å². The van der Waals surface area contributed by atoms with Crippen molar-refractivity contribution in [3.05, 3.63) is 16.1 Å². The van der Waals surface area contributed by atoms with E-state index in [9.17, 15) is 4.79 Å². The molecule has 2 unspecified atom stereocenters. The van der Waals surface area contributed by atoms with Crippen LogP contribution >= 0.6 is 11.3 Å². The Morgan fingerprint density at radius 2 is 2.47 bits per heavy atom. The lowest BCUT2D eigenvalue weighted by Crippen LogP contribution is -2.34. The van der Waals surface area contributed by atoms with Crippen molar-refractivity contribution in [3.63, 3.8) is 0 Å². The molecule has 1 heterocycles. The average molecular weight is 255 g/mol. The molecule has 1 aliphatic rings. The lowest BCUT2D eigenvalue weighted by atomic mass is 9.79. The maximum absolute atomic E-state index is 10.9. The number of carboxylic acids is 1. The number of hydrogen-bond acceptors (Lipinski definition) is 4. The fourth-order valence-corrected chi connectivity index (χ4v) is 3.56. The first kappa shape index (κ1) is 12.5. The van der Waals surface area contributed by atoms with Crippen molar-refractivity contribution >= 4 is 17.3 Å². The first-order valence-electron chi connectivity index (χ1n) is 5.82. The molecule has 2 rings (SSSR count). The zero-order chi connectivity index (χ0) is 12.5. The molecule has 2 atom stereocenters. The molecule has 0 spiro atoms. The molecule has 1 aromatic rings. The number of nitrogens with zero attached hydrogens (tertiary/aromatic N) is 1. The summed E-state index contributed by atoms with van der Waals surface area (Å²) in [6.45, 7) is 2.21.